The summed E-state index contributed by atoms with van der Waals surface area (Å²) < 4.78 is 5.93. The van der Waals surface area contributed by atoms with E-state index in [1.807, 2.05) is 7.05 Å². The molecule has 0 amide bonds. The van der Waals surface area contributed by atoms with Gasteiger partial charge in [0.25, 0.3) is 0 Å². The summed E-state index contributed by atoms with van der Waals surface area (Å²) >= 11 is 0. The average molecular weight is 262 g/mol. The molecule has 1 atom stereocenters. The van der Waals surface area contributed by atoms with E-state index >= 15 is 0 Å². The van der Waals surface area contributed by atoms with Crippen molar-refractivity contribution in [1.29, 1.82) is 0 Å². The maximum absolute atomic E-state index is 5.93. The summed E-state index contributed by atoms with van der Waals surface area (Å²) in [4.78, 5) is 2.46. The Morgan fingerprint density at radius 2 is 2.21 bits per heavy atom. The summed E-state index contributed by atoms with van der Waals surface area (Å²) in [5, 5.41) is 3.28. The molecular formula is C16H26N2O. The van der Waals surface area contributed by atoms with E-state index in [1.165, 1.54) is 18.5 Å². The maximum Gasteiger partial charge on any atom is 0.142 e. The van der Waals surface area contributed by atoms with Crippen molar-refractivity contribution in [1.82, 2.24) is 5.32 Å². The Bertz CT molecular complexity index is 381. The van der Waals surface area contributed by atoms with E-state index in [2.05, 4.69) is 41.4 Å². The van der Waals surface area contributed by atoms with Crippen molar-refractivity contribution in [3.8, 4) is 5.75 Å². The third-order valence-electron chi connectivity index (χ3n) is 3.74. The Morgan fingerprint density at radius 1 is 1.37 bits per heavy atom. The molecule has 0 aromatic heterocycles. The fourth-order valence-electron chi connectivity index (χ4n) is 2.67. The molecule has 3 heteroatoms. The summed E-state index contributed by atoms with van der Waals surface area (Å²) in [5.74, 6) is 1.80. The third-order valence-corrected chi connectivity index (χ3v) is 3.74. The van der Waals surface area contributed by atoms with Crippen LogP contribution in [0, 0.1) is 5.92 Å². The van der Waals surface area contributed by atoms with Gasteiger partial charge in [-0.3, -0.25) is 0 Å². The first kappa shape index (κ1) is 14.2. The lowest BCUT2D eigenvalue weighted by atomic mass is 10.1. The minimum atomic E-state index is 0.758. The van der Waals surface area contributed by atoms with E-state index in [9.17, 15) is 0 Å². The second kappa shape index (κ2) is 7.39. The van der Waals surface area contributed by atoms with Crippen LogP contribution in [0.2, 0.25) is 0 Å². The monoisotopic (exact) mass is 262 g/mol. The van der Waals surface area contributed by atoms with Gasteiger partial charge in [-0.25, -0.2) is 0 Å². The fraction of sp³-hybridized carbons (Fsp3) is 0.625. The number of ether oxygens (including phenoxy) is 1. The number of para-hydroxylation sites is 2. The topological polar surface area (TPSA) is 24.5 Å². The Labute approximate surface area is 116 Å². The highest BCUT2D eigenvalue weighted by Gasteiger charge is 2.23. The first-order valence-electron chi connectivity index (χ1n) is 7.46. The van der Waals surface area contributed by atoms with Crippen molar-refractivity contribution >= 4 is 5.69 Å². The van der Waals surface area contributed by atoms with E-state index in [0.717, 1.165) is 44.3 Å². The molecule has 1 heterocycles. The zero-order chi connectivity index (χ0) is 13.5. The quantitative estimate of drug-likeness (QED) is 0.765. The number of benzene rings is 1. The Hall–Kier alpha value is -1.22. The van der Waals surface area contributed by atoms with Gasteiger partial charge in [-0.05, 0) is 44.5 Å². The first-order chi connectivity index (χ1) is 9.35. The number of unbranched alkanes of at least 4 members (excludes halogenated alkanes) is 1. The highest BCUT2D eigenvalue weighted by atomic mass is 16.5. The normalized spacial score (nSPS) is 18.8. The number of nitrogens with one attached hydrogen (secondary N) is 1. The molecule has 0 aliphatic carbocycles. The van der Waals surface area contributed by atoms with Crippen molar-refractivity contribution in [2.24, 2.45) is 5.92 Å². The highest BCUT2D eigenvalue weighted by Crippen LogP contribution is 2.32. The van der Waals surface area contributed by atoms with Crippen LogP contribution < -0.4 is 15.0 Å². The largest absolute Gasteiger partial charge is 0.491 e. The van der Waals surface area contributed by atoms with Gasteiger partial charge in [-0.1, -0.05) is 25.5 Å². The van der Waals surface area contributed by atoms with Crippen molar-refractivity contribution in [3.05, 3.63) is 24.3 Å². The van der Waals surface area contributed by atoms with Gasteiger partial charge in [0.15, 0.2) is 0 Å². The van der Waals surface area contributed by atoms with Crippen LogP contribution in [0.4, 0.5) is 5.69 Å². The summed E-state index contributed by atoms with van der Waals surface area (Å²) in [6.45, 7) is 6.39. The molecule has 0 saturated carbocycles. The van der Waals surface area contributed by atoms with Crippen LogP contribution in [0.3, 0.4) is 0 Å². The number of hydrogen-bond acceptors (Lipinski definition) is 3. The van der Waals surface area contributed by atoms with Crippen LogP contribution in [0.25, 0.3) is 0 Å². The minimum absolute atomic E-state index is 0.758. The summed E-state index contributed by atoms with van der Waals surface area (Å²) in [6, 6.07) is 8.44. The fourth-order valence-corrected chi connectivity index (χ4v) is 2.67. The van der Waals surface area contributed by atoms with Gasteiger partial charge >= 0.3 is 0 Å². The summed E-state index contributed by atoms with van der Waals surface area (Å²) in [7, 11) is 2.03. The Kier molecular flexibility index (Phi) is 5.52. The second-order valence-electron chi connectivity index (χ2n) is 5.33. The lowest BCUT2D eigenvalue weighted by Crippen LogP contribution is -2.24. The molecule has 106 valence electrons. The van der Waals surface area contributed by atoms with Crippen LogP contribution in [-0.2, 0) is 0 Å². The van der Waals surface area contributed by atoms with Crippen molar-refractivity contribution in [2.45, 2.75) is 26.2 Å². The zero-order valence-electron chi connectivity index (χ0n) is 12.2. The molecule has 2 rings (SSSR count). The van der Waals surface area contributed by atoms with E-state index in [0.29, 0.717) is 0 Å². The smallest absolute Gasteiger partial charge is 0.142 e. The van der Waals surface area contributed by atoms with Crippen LogP contribution in [-0.4, -0.2) is 33.3 Å². The molecule has 1 saturated heterocycles. The molecule has 1 aliphatic rings. The molecule has 1 unspecified atom stereocenters. The minimum Gasteiger partial charge on any atom is -0.491 e. The van der Waals surface area contributed by atoms with Crippen LogP contribution in [0.15, 0.2) is 24.3 Å². The van der Waals surface area contributed by atoms with Crippen molar-refractivity contribution < 1.29 is 4.74 Å². The predicted molar refractivity (Wildman–Crippen MR) is 81.1 cm³/mol. The van der Waals surface area contributed by atoms with Crippen molar-refractivity contribution in [2.75, 3.05) is 38.2 Å². The van der Waals surface area contributed by atoms with E-state index in [-0.39, 0.29) is 0 Å². The van der Waals surface area contributed by atoms with Crippen molar-refractivity contribution in [3.63, 3.8) is 0 Å². The number of nitrogens with zero attached hydrogens (tertiary/aromatic N) is 1. The van der Waals surface area contributed by atoms with Gasteiger partial charge in [0.05, 0.1) is 12.3 Å². The van der Waals surface area contributed by atoms with Gasteiger partial charge in [-0.2, -0.15) is 0 Å². The second-order valence-corrected chi connectivity index (χ2v) is 5.33. The van der Waals surface area contributed by atoms with E-state index < -0.39 is 0 Å². The van der Waals surface area contributed by atoms with Gasteiger partial charge in [-0.15, -0.1) is 0 Å². The molecule has 0 bridgehead atoms. The third kappa shape index (κ3) is 3.87. The number of rotatable bonds is 7. The lowest BCUT2D eigenvalue weighted by molar-refractivity contribution is 0.310. The van der Waals surface area contributed by atoms with Crippen LogP contribution >= 0.6 is 0 Å². The van der Waals surface area contributed by atoms with Gasteiger partial charge < -0.3 is 15.0 Å². The maximum atomic E-state index is 5.93. The lowest BCUT2D eigenvalue weighted by Gasteiger charge is -2.22. The SMILES string of the molecule is CCCCOc1ccccc1N1CCC(CNC)C1. The van der Waals surface area contributed by atoms with Gasteiger partial charge in [0.2, 0.25) is 0 Å². The van der Waals surface area contributed by atoms with Crippen LogP contribution in [0.1, 0.15) is 26.2 Å². The number of anilines is 1. The highest BCUT2D eigenvalue weighted by molar-refractivity contribution is 5.59. The molecule has 1 aliphatic heterocycles. The number of hydrogen-bond donors (Lipinski definition) is 1. The first-order valence-corrected chi connectivity index (χ1v) is 7.46. The molecule has 1 aromatic carbocycles. The molecule has 3 nitrogen and oxygen atoms in total. The molecule has 1 N–H and O–H groups in total. The predicted octanol–water partition coefficient (Wildman–Crippen LogP) is 2.91. The molecule has 0 radical (unpaired) electrons. The van der Waals surface area contributed by atoms with Gasteiger partial charge in [0.1, 0.15) is 5.75 Å². The van der Waals surface area contributed by atoms with E-state index in [4.69, 9.17) is 4.74 Å². The zero-order valence-corrected chi connectivity index (χ0v) is 12.2. The van der Waals surface area contributed by atoms with E-state index in [1.54, 1.807) is 0 Å². The summed E-state index contributed by atoms with van der Waals surface area (Å²) in [6.07, 6.45) is 3.57. The molecule has 1 aromatic rings. The molecule has 1 fully saturated rings. The standard InChI is InChI=1S/C16H26N2O/c1-3-4-11-19-16-8-6-5-7-15(16)18-10-9-14(13-18)12-17-2/h5-8,14,17H,3-4,9-13H2,1-2H3. The molecule has 19 heavy (non-hydrogen) atoms. The molecule has 0 spiro atoms. The van der Waals surface area contributed by atoms with Gasteiger partial charge in [0, 0.05) is 13.1 Å². The average Bonchev–Trinajstić information content (AvgIpc) is 2.89. The Morgan fingerprint density at radius 3 is 3.00 bits per heavy atom. The molecular weight excluding hydrogens is 236 g/mol. The van der Waals surface area contributed by atoms with Crippen LogP contribution in [0.5, 0.6) is 5.75 Å². The summed E-state index contributed by atoms with van der Waals surface area (Å²) in [5.41, 5.74) is 1.26. The Balaban J connectivity index is 1.99.